The maximum Gasteiger partial charge on any atom is 0.338 e. The van der Waals surface area contributed by atoms with Crippen LogP contribution in [0.5, 0.6) is 0 Å². The molecule has 1 aromatic carbocycles. The van der Waals surface area contributed by atoms with Crippen molar-refractivity contribution in [3.8, 4) is 0 Å². The summed E-state index contributed by atoms with van der Waals surface area (Å²) in [6, 6.07) is 3.14. The Kier molecular flexibility index (Phi) is 3.87. The number of nitro benzene ring substituents is 1. The number of fused-ring (bicyclic) bond motifs is 2. The highest BCUT2D eigenvalue weighted by Gasteiger charge is 2.41. The standard InChI is InChI=1S/C15H17NO6S/c1-23(20,21)13-7-11(6-12(8-13)16(18)19)15(17)22-14-5-9-2-3-10(14)4-9/h6-10,14H,2-5H2,1H3/t9-,10-,14-/m0/s1. The van der Waals surface area contributed by atoms with Crippen molar-refractivity contribution in [1.82, 2.24) is 0 Å². The van der Waals surface area contributed by atoms with Gasteiger partial charge in [-0.05, 0) is 43.6 Å². The van der Waals surface area contributed by atoms with Gasteiger partial charge in [0.15, 0.2) is 9.84 Å². The van der Waals surface area contributed by atoms with E-state index >= 15 is 0 Å². The van der Waals surface area contributed by atoms with Crippen molar-refractivity contribution < 1.29 is 22.9 Å². The highest BCUT2D eigenvalue weighted by molar-refractivity contribution is 7.90. The van der Waals surface area contributed by atoms with Crippen LogP contribution in [0.3, 0.4) is 0 Å². The number of sulfone groups is 1. The highest BCUT2D eigenvalue weighted by Crippen LogP contribution is 2.46. The molecule has 0 heterocycles. The van der Waals surface area contributed by atoms with E-state index in [1.54, 1.807) is 0 Å². The molecule has 1 aromatic rings. The second-order valence-electron chi connectivity index (χ2n) is 6.36. The third kappa shape index (κ3) is 3.21. The van der Waals surface area contributed by atoms with Crippen molar-refractivity contribution in [1.29, 1.82) is 0 Å². The molecule has 2 bridgehead atoms. The monoisotopic (exact) mass is 339 g/mol. The van der Waals surface area contributed by atoms with Gasteiger partial charge in [0.05, 0.1) is 15.4 Å². The molecule has 2 saturated carbocycles. The Morgan fingerprint density at radius 1 is 1.26 bits per heavy atom. The molecule has 2 fully saturated rings. The van der Waals surface area contributed by atoms with Crippen LogP contribution in [0.4, 0.5) is 5.69 Å². The van der Waals surface area contributed by atoms with Crippen molar-refractivity contribution in [3.63, 3.8) is 0 Å². The van der Waals surface area contributed by atoms with Crippen LogP contribution in [0.15, 0.2) is 23.1 Å². The molecule has 7 nitrogen and oxygen atoms in total. The second kappa shape index (κ2) is 5.59. The summed E-state index contributed by atoms with van der Waals surface area (Å²) in [6.07, 6.45) is 4.85. The molecule has 23 heavy (non-hydrogen) atoms. The van der Waals surface area contributed by atoms with E-state index in [-0.39, 0.29) is 16.6 Å². The zero-order valence-corrected chi connectivity index (χ0v) is 13.4. The molecule has 3 atom stereocenters. The average Bonchev–Trinajstić information content (AvgIpc) is 3.08. The largest absolute Gasteiger partial charge is 0.458 e. The quantitative estimate of drug-likeness (QED) is 0.474. The van der Waals surface area contributed by atoms with Crippen LogP contribution in [0.25, 0.3) is 0 Å². The fourth-order valence-electron chi connectivity index (χ4n) is 3.56. The van der Waals surface area contributed by atoms with Crippen molar-refractivity contribution in [2.24, 2.45) is 11.8 Å². The topological polar surface area (TPSA) is 104 Å². The summed E-state index contributed by atoms with van der Waals surface area (Å²) < 4.78 is 28.8. The lowest BCUT2D eigenvalue weighted by atomic mass is 9.98. The number of benzene rings is 1. The molecular weight excluding hydrogens is 322 g/mol. The van der Waals surface area contributed by atoms with Crippen LogP contribution in [0, 0.1) is 22.0 Å². The maximum atomic E-state index is 12.3. The fraction of sp³-hybridized carbons (Fsp3) is 0.533. The number of non-ortho nitro benzene ring substituents is 1. The van der Waals surface area contributed by atoms with E-state index in [1.165, 1.54) is 0 Å². The second-order valence-corrected chi connectivity index (χ2v) is 8.38. The molecule has 0 N–H and O–H groups in total. The fourth-order valence-corrected chi connectivity index (χ4v) is 4.23. The predicted molar refractivity (Wildman–Crippen MR) is 80.9 cm³/mol. The van der Waals surface area contributed by atoms with Gasteiger partial charge in [0.2, 0.25) is 0 Å². The number of ether oxygens (including phenoxy) is 1. The van der Waals surface area contributed by atoms with Crippen LogP contribution in [-0.2, 0) is 14.6 Å². The Balaban J connectivity index is 1.87. The number of carbonyl (C=O) groups is 1. The third-order valence-electron chi connectivity index (χ3n) is 4.70. The summed E-state index contributed by atoms with van der Waals surface area (Å²) in [6.45, 7) is 0. The van der Waals surface area contributed by atoms with Crippen molar-refractivity contribution >= 4 is 21.5 Å². The van der Waals surface area contributed by atoms with E-state index in [9.17, 15) is 23.3 Å². The van der Waals surface area contributed by atoms with Crippen LogP contribution in [-0.4, -0.2) is 31.7 Å². The SMILES string of the molecule is CS(=O)(=O)c1cc(C(=O)O[C@H]2C[C@H]3CC[C@H]2C3)cc([N+](=O)[O-])c1. The van der Waals surface area contributed by atoms with E-state index < -0.39 is 26.4 Å². The zero-order chi connectivity index (χ0) is 16.8. The third-order valence-corrected chi connectivity index (χ3v) is 5.79. The summed E-state index contributed by atoms with van der Waals surface area (Å²) in [5.41, 5.74) is -0.532. The molecule has 2 aliphatic rings. The zero-order valence-electron chi connectivity index (χ0n) is 12.6. The average molecular weight is 339 g/mol. The molecule has 2 aliphatic carbocycles. The molecule has 0 spiro atoms. The van der Waals surface area contributed by atoms with Gasteiger partial charge in [-0.2, -0.15) is 0 Å². The van der Waals surface area contributed by atoms with Gasteiger partial charge in [0, 0.05) is 18.4 Å². The minimum Gasteiger partial charge on any atom is -0.458 e. The van der Waals surface area contributed by atoms with Gasteiger partial charge in [-0.25, -0.2) is 13.2 Å². The molecule has 8 heteroatoms. The molecular formula is C15H17NO6S. The van der Waals surface area contributed by atoms with Gasteiger partial charge in [0.1, 0.15) is 6.10 Å². The molecule has 3 rings (SSSR count). The number of hydrogen-bond donors (Lipinski definition) is 0. The smallest absolute Gasteiger partial charge is 0.338 e. The molecule has 124 valence electrons. The summed E-state index contributed by atoms with van der Waals surface area (Å²) in [4.78, 5) is 22.3. The maximum absolute atomic E-state index is 12.3. The van der Waals surface area contributed by atoms with Crippen molar-refractivity contribution in [3.05, 3.63) is 33.9 Å². The van der Waals surface area contributed by atoms with Crippen molar-refractivity contribution in [2.75, 3.05) is 6.26 Å². The lowest BCUT2D eigenvalue weighted by Gasteiger charge is -2.21. The first-order chi connectivity index (χ1) is 10.7. The van der Waals surface area contributed by atoms with Crippen LogP contribution in [0.2, 0.25) is 0 Å². The number of nitro groups is 1. The molecule has 0 unspecified atom stereocenters. The Bertz CT molecular complexity index is 772. The van der Waals surface area contributed by atoms with E-state index in [0.29, 0.717) is 11.8 Å². The summed E-state index contributed by atoms with van der Waals surface area (Å²) in [7, 11) is -3.66. The van der Waals surface area contributed by atoms with Gasteiger partial charge in [-0.1, -0.05) is 0 Å². The molecule has 0 saturated heterocycles. The van der Waals surface area contributed by atoms with Gasteiger partial charge in [-0.3, -0.25) is 10.1 Å². The number of rotatable bonds is 4. The summed E-state index contributed by atoms with van der Waals surface area (Å²) in [5, 5.41) is 11.0. The van der Waals surface area contributed by atoms with Gasteiger partial charge in [0.25, 0.3) is 5.69 Å². The number of nitrogens with zero attached hydrogens (tertiary/aromatic N) is 1. The minimum absolute atomic E-state index is 0.0950. The van der Waals surface area contributed by atoms with Crippen LogP contribution < -0.4 is 0 Å². The van der Waals surface area contributed by atoms with E-state index in [0.717, 1.165) is 50.1 Å². The lowest BCUT2D eigenvalue weighted by molar-refractivity contribution is -0.385. The minimum atomic E-state index is -3.66. The van der Waals surface area contributed by atoms with Crippen LogP contribution >= 0.6 is 0 Å². The van der Waals surface area contributed by atoms with Gasteiger partial charge >= 0.3 is 5.97 Å². The van der Waals surface area contributed by atoms with E-state index in [4.69, 9.17) is 4.74 Å². The summed E-state index contributed by atoms with van der Waals surface area (Å²) in [5.74, 6) is 0.252. The van der Waals surface area contributed by atoms with E-state index in [1.807, 2.05) is 0 Å². The predicted octanol–water partition coefficient (Wildman–Crippen LogP) is 2.34. The lowest BCUT2D eigenvalue weighted by Crippen LogP contribution is -2.24. The van der Waals surface area contributed by atoms with Crippen LogP contribution in [0.1, 0.15) is 36.0 Å². The van der Waals surface area contributed by atoms with Crippen molar-refractivity contribution in [2.45, 2.75) is 36.7 Å². The molecule has 0 amide bonds. The van der Waals surface area contributed by atoms with E-state index in [2.05, 4.69) is 0 Å². The number of carbonyl (C=O) groups excluding carboxylic acids is 1. The highest BCUT2D eigenvalue weighted by atomic mass is 32.2. The molecule has 0 aliphatic heterocycles. The number of esters is 1. The first-order valence-electron chi connectivity index (χ1n) is 7.44. The Morgan fingerprint density at radius 3 is 2.52 bits per heavy atom. The molecule has 0 radical (unpaired) electrons. The van der Waals surface area contributed by atoms with Gasteiger partial charge < -0.3 is 4.74 Å². The Hall–Kier alpha value is -1.96. The summed E-state index contributed by atoms with van der Waals surface area (Å²) >= 11 is 0. The number of hydrogen-bond acceptors (Lipinski definition) is 6. The molecule has 0 aromatic heterocycles. The Morgan fingerprint density at radius 2 is 2.00 bits per heavy atom. The Labute approximate surface area is 133 Å². The normalized spacial score (nSPS) is 26.2. The first-order valence-corrected chi connectivity index (χ1v) is 9.33. The van der Waals surface area contributed by atoms with Gasteiger partial charge in [-0.15, -0.1) is 0 Å². The first kappa shape index (κ1) is 15.9.